The van der Waals surface area contributed by atoms with Crippen LogP contribution in [0.4, 0.5) is 11.4 Å². The first-order valence-electron chi connectivity index (χ1n) is 8.80. The molecule has 2 aromatic carbocycles. The molecule has 0 saturated heterocycles. The zero-order chi connectivity index (χ0) is 20.5. The molecule has 0 bridgehead atoms. The maximum absolute atomic E-state index is 12.7. The molecule has 1 aromatic heterocycles. The average molecular weight is 442 g/mol. The number of nitrogens with zero attached hydrogens (tertiary/aromatic N) is 2. The molecule has 0 saturated carbocycles. The molecule has 3 aromatic rings. The smallest absolute Gasteiger partial charge is 0.247 e. The Balaban J connectivity index is 1.61. The minimum Gasteiger partial charge on any atom is -0.493 e. The number of para-hydroxylation sites is 1. The Morgan fingerprint density at radius 2 is 2.00 bits per heavy atom. The molecule has 2 heterocycles. The summed E-state index contributed by atoms with van der Waals surface area (Å²) < 4.78 is 1.87. The monoisotopic (exact) mass is 441 g/mol. The summed E-state index contributed by atoms with van der Waals surface area (Å²) in [4.78, 5) is 17.6. The molecule has 0 spiro atoms. The van der Waals surface area contributed by atoms with Gasteiger partial charge in [0.05, 0.1) is 10.6 Å². The first-order valence-corrected chi connectivity index (χ1v) is 10.4. The number of aromatic nitrogens is 1. The van der Waals surface area contributed by atoms with Gasteiger partial charge in [-0.1, -0.05) is 29.8 Å². The molecule has 0 radical (unpaired) electrons. The number of carbonyl (C=O) groups excluding carboxylic acids is 1. The van der Waals surface area contributed by atoms with E-state index in [1.807, 2.05) is 30.3 Å². The number of amides is 1. The van der Waals surface area contributed by atoms with Crippen LogP contribution >= 0.6 is 35.2 Å². The summed E-state index contributed by atoms with van der Waals surface area (Å²) in [5.74, 6) is -0.326. The van der Waals surface area contributed by atoms with Gasteiger partial charge in [0, 0.05) is 28.1 Å². The van der Waals surface area contributed by atoms with Gasteiger partial charge in [-0.3, -0.25) is 14.4 Å². The van der Waals surface area contributed by atoms with Crippen molar-refractivity contribution < 1.29 is 9.90 Å². The lowest BCUT2D eigenvalue weighted by atomic mass is 10.1. The van der Waals surface area contributed by atoms with Gasteiger partial charge in [-0.25, -0.2) is 0 Å². The zero-order valence-electron chi connectivity index (χ0n) is 15.3. The number of aromatic hydroxyl groups is 1. The highest BCUT2D eigenvalue weighted by molar-refractivity contribution is 7.73. The minimum atomic E-state index is -0.689. The van der Waals surface area contributed by atoms with Crippen LogP contribution in [-0.4, -0.2) is 21.8 Å². The highest BCUT2D eigenvalue weighted by atomic mass is 35.5. The van der Waals surface area contributed by atoms with Gasteiger partial charge in [-0.2, -0.15) is 0 Å². The van der Waals surface area contributed by atoms with Gasteiger partial charge < -0.3 is 10.4 Å². The SMILES string of the molecule is CC(C(=O)Nc1ccc(Cl)cc1)n1c(O)c(/C=C2/C=Nc3ccccc32)sc1=S. The number of benzene rings is 2. The summed E-state index contributed by atoms with van der Waals surface area (Å²) in [7, 11) is 0. The molecular formula is C21H16ClN3O2S2. The maximum atomic E-state index is 12.7. The first-order chi connectivity index (χ1) is 13.9. The quantitative estimate of drug-likeness (QED) is 0.481. The second-order valence-electron chi connectivity index (χ2n) is 6.47. The highest BCUT2D eigenvalue weighted by Crippen LogP contribution is 2.37. The molecule has 1 aliphatic rings. The van der Waals surface area contributed by atoms with E-state index in [0.29, 0.717) is 19.5 Å². The Hall–Kier alpha value is -2.74. The molecule has 29 heavy (non-hydrogen) atoms. The van der Waals surface area contributed by atoms with E-state index in [9.17, 15) is 9.90 Å². The van der Waals surface area contributed by atoms with Crippen molar-refractivity contribution in [2.75, 3.05) is 5.32 Å². The Morgan fingerprint density at radius 3 is 2.76 bits per heavy atom. The van der Waals surface area contributed by atoms with E-state index in [-0.39, 0.29) is 11.8 Å². The fourth-order valence-corrected chi connectivity index (χ4v) is 4.57. The molecule has 5 nitrogen and oxygen atoms in total. The van der Waals surface area contributed by atoms with Crippen LogP contribution < -0.4 is 5.32 Å². The van der Waals surface area contributed by atoms with Gasteiger partial charge in [0.1, 0.15) is 6.04 Å². The lowest BCUT2D eigenvalue weighted by Crippen LogP contribution is -2.23. The number of aliphatic imine (C=N–C) groups is 1. The highest BCUT2D eigenvalue weighted by Gasteiger charge is 2.22. The van der Waals surface area contributed by atoms with Crippen LogP contribution in [-0.2, 0) is 4.79 Å². The van der Waals surface area contributed by atoms with E-state index >= 15 is 0 Å². The summed E-state index contributed by atoms with van der Waals surface area (Å²) in [6.07, 6.45) is 3.60. The molecule has 0 aliphatic carbocycles. The molecule has 1 aliphatic heterocycles. The molecular weight excluding hydrogens is 426 g/mol. The number of thiazole rings is 1. The van der Waals surface area contributed by atoms with Crippen LogP contribution in [0.2, 0.25) is 5.02 Å². The van der Waals surface area contributed by atoms with Crippen molar-refractivity contribution in [3.05, 3.63) is 67.9 Å². The number of nitrogens with one attached hydrogen (secondary N) is 1. The third kappa shape index (κ3) is 3.89. The fourth-order valence-electron chi connectivity index (χ4n) is 3.02. The number of allylic oxidation sites excluding steroid dienone is 1. The van der Waals surface area contributed by atoms with E-state index < -0.39 is 6.04 Å². The van der Waals surface area contributed by atoms with Crippen molar-refractivity contribution in [3.8, 4) is 5.88 Å². The number of hydrogen-bond acceptors (Lipinski definition) is 5. The van der Waals surface area contributed by atoms with Crippen molar-refractivity contribution >= 4 is 70.3 Å². The Kier molecular flexibility index (Phi) is 5.36. The second kappa shape index (κ2) is 7.94. The van der Waals surface area contributed by atoms with Crippen LogP contribution in [0.5, 0.6) is 5.88 Å². The lowest BCUT2D eigenvalue weighted by Gasteiger charge is -2.15. The van der Waals surface area contributed by atoms with E-state index in [0.717, 1.165) is 16.8 Å². The van der Waals surface area contributed by atoms with Crippen LogP contribution in [0.25, 0.3) is 11.6 Å². The Bertz CT molecular complexity index is 1210. The van der Waals surface area contributed by atoms with Crippen LogP contribution in [0, 0.1) is 3.95 Å². The number of fused-ring (bicyclic) bond motifs is 1. The summed E-state index contributed by atoms with van der Waals surface area (Å²) >= 11 is 12.5. The van der Waals surface area contributed by atoms with Crippen LogP contribution in [0.1, 0.15) is 23.4 Å². The number of anilines is 1. The normalized spacial score (nSPS) is 14.8. The summed E-state index contributed by atoms with van der Waals surface area (Å²) in [6.45, 7) is 1.69. The van der Waals surface area contributed by atoms with Gasteiger partial charge in [0.2, 0.25) is 11.8 Å². The molecule has 1 amide bonds. The number of hydrogen-bond donors (Lipinski definition) is 2. The topological polar surface area (TPSA) is 66.6 Å². The largest absolute Gasteiger partial charge is 0.493 e. The number of carbonyl (C=O) groups is 1. The standard InChI is InChI=1S/C21H16ClN3O2S2/c1-12(19(26)24-15-8-6-14(22)7-9-15)25-20(27)18(29-21(25)28)10-13-11-23-17-5-3-2-4-16(13)17/h2-12,27H,1H3,(H,24,26)/b13-10-. The van der Waals surface area contributed by atoms with E-state index in [2.05, 4.69) is 10.3 Å². The van der Waals surface area contributed by atoms with Gasteiger partial charge >= 0.3 is 0 Å². The Labute approximate surface area is 181 Å². The molecule has 1 atom stereocenters. The second-order valence-corrected chi connectivity index (χ2v) is 8.59. The van der Waals surface area contributed by atoms with Gasteiger partial charge in [-0.15, -0.1) is 11.3 Å². The van der Waals surface area contributed by atoms with Crippen molar-refractivity contribution in [3.63, 3.8) is 0 Å². The van der Waals surface area contributed by atoms with Gasteiger partial charge in [-0.05, 0) is 55.5 Å². The first kappa shape index (κ1) is 19.6. The maximum Gasteiger partial charge on any atom is 0.247 e. The van der Waals surface area contributed by atoms with Crippen molar-refractivity contribution in [2.45, 2.75) is 13.0 Å². The van der Waals surface area contributed by atoms with Crippen molar-refractivity contribution in [2.24, 2.45) is 4.99 Å². The van der Waals surface area contributed by atoms with Gasteiger partial charge in [0.15, 0.2) is 3.95 Å². The van der Waals surface area contributed by atoms with Crippen LogP contribution in [0.15, 0.2) is 53.5 Å². The minimum absolute atomic E-state index is 0.0379. The predicted molar refractivity (Wildman–Crippen MR) is 122 cm³/mol. The molecule has 8 heteroatoms. The van der Waals surface area contributed by atoms with E-state index in [4.69, 9.17) is 23.8 Å². The summed E-state index contributed by atoms with van der Waals surface area (Å²) in [6, 6.07) is 13.9. The van der Waals surface area contributed by atoms with Crippen molar-refractivity contribution in [1.29, 1.82) is 0 Å². The van der Waals surface area contributed by atoms with Crippen LogP contribution in [0.3, 0.4) is 0 Å². The molecule has 146 valence electrons. The average Bonchev–Trinajstić information content (AvgIpc) is 3.24. The number of rotatable bonds is 4. The van der Waals surface area contributed by atoms with Crippen molar-refractivity contribution in [1.82, 2.24) is 4.57 Å². The van der Waals surface area contributed by atoms with E-state index in [1.54, 1.807) is 37.4 Å². The lowest BCUT2D eigenvalue weighted by molar-refractivity contribution is -0.118. The molecule has 1 unspecified atom stereocenters. The summed E-state index contributed by atoms with van der Waals surface area (Å²) in [5, 5.41) is 14.2. The number of halogens is 1. The third-order valence-electron chi connectivity index (χ3n) is 4.57. The fraction of sp³-hybridized carbons (Fsp3) is 0.0952. The molecule has 4 rings (SSSR count). The molecule has 0 fully saturated rings. The molecule has 2 N–H and O–H groups in total. The Morgan fingerprint density at radius 1 is 1.28 bits per heavy atom. The van der Waals surface area contributed by atoms with Gasteiger partial charge in [0.25, 0.3) is 0 Å². The zero-order valence-corrected chi connectivity index (χ0v) is 17.7. The predicted octanol–water partition coefficient (Wildman–Crippen LogP) is 6.09. The van der Waals surface area contributed by atoms with E-state index in [1.165, 1.54) is 15.9 Å². The summed E-state index contributed by atoms with van der Waals surface area (Å²) in [5.41, 5.74) is 3.38. The third-order valence-corrected chi connectivity index (χ3v) is 6.16.